The molecule has 0 aromatic carbocycles. The fourth-order valence-corrected chi connectivity index (χ4v) is 0.806. The van der Waals surface area contributed by atoms with E-state index in [-0.39, 0.29) is 5.91 Å². The van der Waals surface area contributed by atoms with Crippen LogP contribution in [0.2, 0.25) is 0 Å². The predicted octanol–water partition coefficient (Wildman–Crippen LogP) is 0.384. The van der Waals surface area contributed by atoms with Gasteiger partial charge in [0.15, 0.2) is 0 Å². The molecule has 0 unspecified atom stereocenters. The molecule has 0 bridgehead atoms. The summed E-state index contributed by atoms with van der Waals surface area (Å²) in [6.45, 7) is 0.597. The predicted molar refractivity (Wildman–Crippen MR) is 39.0 cm³/mol. The highest BCUT2D eigenvalue weighted by molar-refractivity contribution is 5.74. The van der Waals surface area contributed by atoms with Crippen molar-refractivity contribution in [3.63, 3.8) is 0 Å². The minimum atomic E-state index is -0.362. The van der Waals surface area contributed by atoms with Crippen molar-refractivity contribution in [3.05, 3.63) is 24.5 Å². The molecule has 0 aliphatic heterocycles. The molecule has 2 N–H and O–H groups in total. The summed E-state index contributed by atoms with van der Waals surface area (Å²) >= 11 is 0. The monoisotopic (exact) mass is 154 g/mol. The number of amides is 1. The maximum Gasteiger partial charge on any atom is 0.245 e. The summed E-state index contributed by atoms with van der Waals surface area (Å²) in [5.74, 6) is -0.362. The summed E-state index contributed by atoms with van der Waals surface area (Å²) in [5.41, 5.74) is 1.58. The molecular weight excluding hydrogens is 144 g/mol. The third-order valence-corrected chi connectivity index (χ3v) is 1.39. The van der Waals surface area contributed by atoms with E-state index in [1.165, 1.54) is 0 Å². The van der Waals surface area contributed by atoms with Crippen molar-refractivity contribution >= 4 is 5.91 Å². The van der Waals surface area contributed by atoms with Crippen LogP contribution in [0.25, 0.3) is 0 Å². The maximum absolute atomic E-state index is 10.5. The minimum absolute atomic E-state index is 0.297. The molecule has 0 aliphatic carbocycles. The summed E-state index contributed by atoms with van der Waals surface area (Å²) in [7, 11) is 0. The molecule has 4 nitrogen and oxygen atoms in total. The van der Waals surface area contributed by atoms with Crippen molar-refractivity contribution < 1.29 is 10.0 Å². The van der Waals surface area contributed by atoms with E-state index in [1.807, 2.05) is 29.1 Å². The Morgan fingerprint density at radius 2 is 2.09 bits per heavy atom. The van der Waals surface area contributed by atoms with Crippen molar-refractivity contribution in [2.24, 2.45) is 0 Å². The van der Waals surface area contributed by atoms with Gasteiger partial charge in [0, 0.05) is 25.4 Å². The highest BCUT2D eigenvalue weighted by Gasteiger charge is 1.97. The molecule has 0 saturated carbocycles. The molecule has 0 spiro atoms. The van der Waals surface area contributed by atoms with Crippen molar-refractivity contribution in [3.8, 4) is 0 Å². The van der Waals surface area contributed by atoms with E-state index < -0.39 is 0 Å². The second-order valence-electron chi connectivity index (χ2n) is 2.21. The van der Waals surface area contributed by atoms with E-state index >= 15 is 0 Å². The Morgan fingerprint density at radius 1 is 1.45 bits per heavy atom. The highest BCUT2D eigenvalue weighted by Crippen LogP contribution is 1.92. The first-order valence-corrected chi connectivity index (χ1v) is 3.36. The number of nitrogens with one attached hydrogen (secondary N) is 1. The van der Waals surface area contributed by atoms with Gasteiger partial charge in [-0.05, 0) is 12.1 Å². The van der Waals surface area contributed by atoms with Gasteiger partial charge >= 0.3 is 0 Å². The lowest BCUT2D eigenvalue weighted by Crippen LogP contribution is -2.19. The van der Waals surface area contributed by atoms with Crippen molar-refractivity contribution in [2.75, 3.05) is 0 Å². The fourth-order valence-electron chi connectivity index (χ4n) is 0.806. The van der Waals surface area contributed by atoms with E-state index in [2.05, 4.69) is 0 Å². The smallest absolute Gasteiger partial charge is 0.245 e. The van der Waals surface area contributed by atoms with E-state index in [4.69, 9.17) is 5.21 Å². The van der Waals surface area contributed by atoms with E-state index in [1.54, 1.807) is 5.48 Å². The van der Waals surface area contributed by atoms with Crippen LogP contribution in [0.1, 0.15) is 6.42 Å². The second-order valence-corrected chi connectivity index (χ2v) is 2.21. The molecule has 11 heavy (non-hydrogen) atoms. The van der Waals surface area contributed by atoms with Crippen LogP contribution < -0.4 is 5.48 Å². The van der Waals surface area contributed by atoms with Crippen LogP contribution in [-0.4, -0.2) is 15.7 Å². The summed E-state index contributed by atoms with van der Waals surface area (Å²) in [5, 5.41) is 8.15. The van der Waals surface area contributed by atoms with Crippen LogP contribution in [0.5, 0.6) is 0 Å². The van der Waals surface area contributed by atoms with Crippen LogP contribution in [0, 0.1) is 0 Å². The van der Waals surface area contributed by atoms with Gasteiger partial charge in [0.2, 0.25) is 5.91 Å². The van der Waals surface area contributed by atoms with Gasteiger partial charge in [-0.25, -0.2) is 5.48 Å². The lowest BCUT2D eigenvalue weighted by molar-refractivity contribution is -0.129. The number of hydrogen-bond donors (Lipinski definition) is 2. The van der Waals surface area contributed by atoms with Crippen LogP contribution in [-0.2, 0) is 11.3 Å². The van der Waals surface area contributed by atoms with Crippen LogP contribution >= 0.6 is 0 Å². The molecular formula is C7H10N2O2. The molecule has 0 saturated heterocycles. The van der Waals surface area contributed by atoms with Crippen molar-refractivity contribution in [1.82, 2.24) is 10.0 Å². The molecule has 1 aromatic rings. The first kappa shape index (κ1) is 7.81. The first-order chi connectivity index (χ1) is 5.33. The van der Waals surface area contributed by atoms with Gasteiger partial charge in [-0.3, -0.25) is 10.0 Å². The Bertz CT molecular complexity index is 218. The van der Waals surface area contributed by atoms with Crippen LogP contribution in [0.4, 0.5) is 0 Å². The van der Waals surface area contributed by atoms with Crippen molar-refractivity contribution in [1.29, 1.82) is 0 Å². The van der Waals surface area contributed by atoms with Crippen molar-refractivity contribution in [2.45, 2.75) is 13.0 Å². The van der Waals surface area contributed by atoms with Gasteiger partial charge in [0.1, 0.15) is 0 Å². The lowest BCUT2D eigenvalue weighted by Gasteiger charge is -1.99. The largest absolute Gasteiger partial charge is 0.354 e. The standard InChI is InChI=1S/C7H10N2O2/c10-7(8-11)3-6-9-4-1-2-5-9/h1-2,4-5,11H,3,6H2,(H,8,10). The highest BCUT2D eigenvalue weighted by atomic mass is 16.5. The topological polar surface area (TPSA) is 54.3 Å². The molecule has 0 aliphatic rings. The van der Waals surface area contributed by atoms with Gasteiger partial charge < -0.3 is 4.57 Å². The molecule has 0 fully saturated rings. The SMILES string of the molecule is O=C(CCn1cccc1)NO. The average molecular weight is 154 g/mol. The molecule has 0 atom stereocenters. The number of hydroxylamine groups is 1. The van der Waals surface area contributed by atoms with E-state index in [0.717, 1.165) is 0 Å². The molecule has 0 radical (unpaired) electrons. The second kappa shape index (κ2) is 3.78. The molecule has 1 amide bonds. The van der Waals surface area contributed by atoms with Crippen LogP contribution in [0.3, 0.4) is 0 Å². The Kier molecular flexibility index (Phi) is 2.68. The zero-order valence-corrected chi connectivity index (χ0v) is 6.03. The average Bonchev–Trinajstić information content (AvgIpc) is 2.52. The van der Waals surface area contributed by atoms with Gasteiger partial charge in [0.25, 0.3) is 0 Å². The third kappa shape index (κ3) is 2.43. The van der Waals surface area contributed by atoms with E-state index in [9.17, 15) is 4.79 Å². The normalized spacial score (nSPS) is 9.55. The fraction of sp³-hybridized carbons (Fsp3) is 0.286. The molecule has 4 heteroatoms. The number of nitrogens with zero attached hydrogens (tertiary/aromatic N) is 1. The summed E-state index contributed by atoms with van der Waals surface area (Å²) in [4.78, 5) is 10.5. The quantitative estimate of drug-likeness (QED) is 0.488. The molecule has 1 aromatic heterocycles. The zero-order valence-electron chi connectivity index (χ0n) is 6.03. The lowest BCUT2D eigenvalue weighted by atomic mass is 10.4. The Balaban J connectivity index is 2.29. The Labute approximate surface area is 64.4 Å². The third-order valence-electron chi connectivity index (χ3n) is 1.39. The number of hydrogen-bond acceptors (Lipinski definition) is 2. The first-order valence-electron chi connectivity index (χ1n) is 3.36. The minimum Gasteiger partial charge on any atom is -0.354 e. The van der Waals surface area contributed by atoms with Gasteiger partial charge in [-0.15, -0.1) is 0 Å². The molecule has 1 rings (SSSR count). The Morgan fingerprint density at radius 3 is 2.64 bits per heavy atom. The number of carbonyl (C=O) groups is 1. The number of rotatable bonds is 3. The van der Waals surface area contributed by atoms with Gasteiger partial charge in [-0.1, -0.05) is 0 Å². The summed E-state index contributed by atoms with van der Waals surface area (Å²) in [6.07, 6.45) is 4.03. The van der Waals surface area contributed by atoms with E-state index in [0.29, 0.717) is 13.0 Å². The van der Waals surface area contributed by atoms with Gasteiger partial charge in [-0.2, -0.15) is 0 Å². The van der Waals surface area contributed by atoms with Gasteiger partial charge in [0.05, 0.1) is 0 Å². The van der Waals surface area contributed by atoms with Crippen LogP contribution in [0.15, 0.2) is 24.5 Å². The Hall–Kier alpha value is -1.29. The zero-order chi connectivity index (χ0) is 8.10. The molecule has 60 valence electrons. The number of aromatic nitrogens is 1. The summed E-state index contributed by atoms with van der Waals surface area (Å²) < 4.78 is 1.87. The maximum atomic E-state index is 10.5. The number of aryl methyl sites for hydroxylation is 1. The molecule has 1 heterocycles. The number of carbonyl (C=O) groups excluding carboxylic acids is 1. The summed E-state index contributed by atoms with van der Waals surface area (Å²) in [6, 6.07) is 3.77.